The Morgan fingerprint density at radius 2 is 2.06 bits per heavy atom. The van der Waals surface area contributed by atoms with E-state index in [1.807, 2.05) is 18.2 Å². The maximum absolute atomic E-state index is 11.3. The lowest BCUT2D eigenvalue weighted by Crippen LogP contribution is -2.32. The van der Waals surface area contributed by atoms with Crippen LogP contribution in [0.5, 0.6) is 0 Å². The second kappa shape index (κ2) is 6.17. The lowest BCUT2D eigenvalue weighted by Gasteiger charge is -2.07. The minimum absolute atomic E-state index is 0.215. The topological polar surface area (TPSA) is 41.1 Å². The summed E-state index contributed by atoms with van der Waals surface area (Å²) in [5.41, 5.74) is 1.24. The van der Waals surface area contributed by atoms with Crippen molar-refractivity contribution in [2.45, 2.75) is 19.4 Å². The molecule has 0 heterocycles. The standard InChI is InChI=1S/C13H17BrN2O/c14-12-4-2-1-3-11(12)9-15-7-8-16-13(17)10-5-6-10/h1-4,10,15H,5-9H2,(H,16,17). The molecular weight excluding hydrogens is 280 g/mol. The van der Waals surface area contributed by atoms with E-state index in [4.69, 9.17) is 0 Å². The third kappa shape index (κ3) is 4.13. The van der Waals surface area contributed by atoms with Crippen LogP contribution in [0.2, 0.25) is 0 Å². The van der Waals surface area contributed by atoms with Crippen LogP contribution < -0.4 is 10.6 Å². The van der Waals surface area contributed by atoms with Crippen molar-refractivity contribution >= 4 is 21.8 Å². The van der Waals surface area contributed by atoms with Gasteiger partial charge in [0.1, 0.15) is 0 Å². The number of benzene rings is 1. The number of carbonyl (C=O) groups is 1. The van der Waals surface area contributed by atoms with Crippen molar-refractivity contribution in [1.29, 1.82) is 0 Å². The Labute approximate surface area is 110 Å². The van der Waals surface area contributed by atoms with Crippen molar-refractivity contribution in [1.82, 2.24) is 10.6 Å². The molecule has 92 valence electrons. The second-order valence-corrected chi connectivity index (χ2v) is 5.19. The summed E-state index contributed by atoms with van der Waals surface area (Å²) in [7, 11) is 0. The molecule has 1 amide bonds. The molecule has 2 rings (SSSR count). The van der Waals surface area contributed by atoms with Gasteiger partial charge >= 0.3 is 0 Å². The van der Waals surface area contributed by atoms with E-state index in [0.717, 1.165) is 30.4 Å². The number of hydrogen-bond acceptors (Lipinski definition) is 2. The highest BCUT2D eigenvalue weighted by Crippen LogP contribution is 2.28. The van der Waals surface area contributed by atoms with Crippen LogP contribution in [0.3, 0.4) is 0 Å². The molecule has 1 aromatic carbocycles. The van der Waals surface area contributed by atoms with Gasteiger partial charge in [-0.1, -0.05) is 34.1 Å². The Morgan fingerprint density at radius 3 is 2.76 bits per heavy atom. The van der Waals surface area contributed by atoms with Crippen molar-refractivity contribution in [3.8, 4) is 0 Å². The maximum Gasteiger partial charge on any atom is 0.223 e. The van der Waals surface area contributed by atoms with Gasteiger partial charge in [0.25, 0.3) is 0 Å². The first-order valence-corrected chi connectivity index (χ1v) is 6.78. The van der Waals surface area contributed by atoms with E-state index in [9.17, 15) is 4.79 Å². The van der Waals surface area contributed by atoms with E-state index in [-0.39, 0.29) is 5.91 Å². The minimum Gasteiger partial charge on any atom is -0.355 e. The van der Waals surface area contributed by atoms with E-state index >= 15 is 0 Å². The van der Waals surface area contributed by atoms with Crippen molar-refractivity contribution in [2.75, 3.05) is 13.1 Å². The Kier molecular flexibility index (Phi) is 4.57. The van der Waals surface area contributed by atoms with Crippen molar-refractivity contribution in [3.05, 3.63) is 34.3 Å². The zero-order valence-electron chi connectivity index (χ0n) is 9.71. The van der Waals surface area contributed by atoms with Crippen molar-refractivity contribution < 1.29 is 4.79 Å². The van der Waals surface area contributed by atoms with Gasteiger partial charge in [0.2, 0.25) is 5.91 Å². The molecule has 1 aliphatic carbocycles. The molecule has 1 saturated carbocycles. The third-order valence-corrected chi connectivity index (χ3v) is 3.60. The van der Waals surface area contributed by atoms with Crippen LogP contribution in [0, 0.1) is 5.92 Å². The van der Waals surface area contributed by atoms with Gasteiger partial charge in [-0.15, -0.1) is 0 Å². The summed E-state index contributed by atoms with van der Waals surface area (Å²) in [6, 6.07) is 8.14. The monoisotopic (exact) mass is 296 g/mol. The molecule has 2 N–H and O–H groups in total. The average Bonchev–Trinajstić information content (AvgIpc) is 3.14. The van der Waals surface area contributed by atoms with Crippen LogP contribution in [0.1, 0.15) is 18.4 Å². The number of hydrogen-bond donors (Lipinski definition) is 2. The van der Waals surface area contributed by atoms with Gasteiger partial charge < -0.3 is 10.6 Å². The SMILES string of the molecule is O=C(NCCNCc1ccccc1Br)C1CC1. The highest BCUT2D eigenvalue weighted by molar-refractivity contribution is 9.10. The molecule has 17 heavy (non-hydrogen) atoms. The molecule has 1 fully saturated rings. The first-order valence-electron chi connectivity index (χ1n) is 5.99. The highest BCUT2D eigenvalue weighted by Gasteiger charge is 2.28. The Balaban J connectivity index is 1.59. The normalized spacial score (nSPS) is 14.6. The van der Waals surface area contributed by atoms with Crippen LogP contribution in [0.25, 0.3) is 0 Å². The number of nitrogens with one attached hydrogen (secondary N) is 2. The molecule has 0 unspecified atom stereocenters. The summed E-state index contributed by atoms with van der Waals surface area (Å²) in [4.78, 5) is 11.3. The lowest BCUT2D eigenvalue weighted by molar-refractivity contribution is -0.122. The quantitative estimate of drug-likeness (QED) is 0.789. The van der Waals surface area contributed by atoms with E-state index in [1.165, 1.54) is 5.56 Å². The summed E-state index contributed by atoms with van der Waals surface area (Å²) in [5.74, 6) is 0.519. The number of amides is 1. The fourth-order valence-corrected chi connectivity index (χ4v) is 2.05. The zero-order chi connectivity index (χ0) is 12.1. The van der Waals surface area contributed by atoms with E-state index in [2.05, 4.69) is 32.6 Å². The Bertz CT molecular complexity index is 391. The molecule has 1 aromatic rings. The minimum atomic E-state index is 0.215. The highest BCUT2D eigenvalue weighted by atomic mass is 79.9. The van der Waals surface area contributed by atoms with Gasteiger partial charge in [0.05, 0.1) is 0 Å². The van der Waals surface area contributed by atoms with Gasteiger partial charge in [0.15, 0.2) is 0 Å². The summed E-state index contributed by atoms with van der Waals surface area (Å²) in [5, 5.41) is 6.24. The summed E-state index contributed by atoms with van der Waals surface area (Å²) < 4.78 is 1.12. The molecule has 0 radical (unpaired) electrons. The van der Waals surface area contributed by atoms with Crippen LogP contribution in [0.15, 0.2) is 28.7 Å². The molecule has 0 bridgehead atoms. The maximum atomic E-state index is 11.3. The first kappa shape index (κ1) is 12.6. The smallest absolute Gasteiger partial charge is 0.223 e. The number of rotatable bonds is 6. The van der Waals surface area contributed by atoms with E-state index in [0.29, 0.717) is 12.5 Å². The van der Waals surface area contributed by atoms with Crippen LogP contribution in [0.4, 0.5) is 0 Å². The molecule has 0 aliphatic heterocycles. The van der Waals surface area contributed by atoms with E-state index in [1.54, 1.807) is 0 Å². The Hall–Kier alpha value is -0.870. The summed E-state index contributed by atoms with van der Waals surface area (Å²) in [6.45, 7) is 2.33. The van der Waals surface area contributed by atoms with Crippen molar-refractivity contribution in [2.24, 2.45) is 5.92 Å². The fourth-order valence-electron chi connectivity index (χ4n) is 1.63. The molecule has 3 nitrogen and oxygen atoms in total. The summed E-state index contributed by atoms with van der Waals surface area (Å²) >= 11 is 3.51. The van der Waals surface area contributed by atoms with Gasteiger partial charge in [-0.2, -0.15) is 0 Å². The molecule has 4 heteroatoms. The van der Waals surface area contributed by atoms with Crippen LogP contribution in [-0.4, -0.2) is 19.0 Å². The molecule has 0 spiro atoms. The fraction of sp³-hybridized carbons (Fsp3) is 0.462. The molecule has 0 aromatic heterocycles. The Morgan fingerprint density at radius 1 is 1.29 bits per heavy atom. The zero-order valence-corrected chi connectivity index (χ0v) is 11.3. The largest absolute Gasteiger partial charge is 0.355 e. The second-order valence-electron chi connectivity index (χ2n) is 4.33. The molecule has 0 atom stereocenters. The lowest BCUT2D eigenvalue weighted by atomic mass is 10.2. The number of halogens is 1. The predicted molar refractivity (Wildman–Crippen MR) is 71.6 cm³/mol. The van der Waals surface area contributed by atoms with Gasteiger partial charge in [-0.3, -0.25) is 4.79 Å². The van der Waals surface area contributed by atoms with E-state index < -0.39 is 0 Å². The molecule has 1 aliphatic rings. The van der Waals surface area contributed by atoms with Gasteiger partial charge in [-0.05, 0) is 24.5 Å². The molecular formula is C13H17BrN2O. The predicted octanol–water partition coefficient (Wildman–Crippen LogP) is 2.06. The number of carbonyl (C=O) groups excluding carboxylic acids is 1. The van der Waals surface area contributed by atoms with Crippen LogP contribution >= 0.6 is 15.9 Å². The van der Waals surface area contributed by atoms with Crippen molar-refractivity contribution in [3.63, 3.8) is 0 Å². The van der Waals surface area contributed by atoms with Crippen LogP contribution in [-0.2, 0) is 11.3 Å². The first-order chi connectivity index (χ1) is 8.27. The van der Waals surface area contributed by atoms with Gasteiger partial charge in [0, 0.05) is 30.0 Å². The average molecular weight is 297 g/mol. The molecule has 0 saturated heterocycles. The van der Waals surface area contributed by atoms with Gasteiger partial charge in [-0.25, -0.2) is 0 Å². The summed E-state index contributed by atoms with van der Waals surface area (Å²) in [6.07, 6.45) is 2.13. The third-order valence-electron chi connectivity index (χ3n) is 2.82.